The molecule has 1 aromatic rings. The monoisotopic (exact) mass is 253 g/mol. The highest BCUT2D eigenvalue weighted by molar-refractivity contribution is 6.00. The zero-order valence-electron chi connectivity index (χ0n) is 10.7. The van der Waals surface area contributed by atoms with Crippen LogP contribution in [0.15, 0.2) is 18.2 Å². The molecule has 0 aliphatic carbocycles. The largest absolute Gasteiger partial charge is 0.496 e. The van der Waals surface area contributed by atoms with E-state index in [2.05, 4.69) is 0 Å². The lowest BCUT2D eigenvalue weighted by Crippen LogP contribution is -2.22. The first kappa shape index (κ1) is 14.2. The summed E-state index contributed by atoms with van der Waals surface area (Å²) in [7, 11) is 4.65. The molecule has 0 heterocycles. The Bertz CT molecular complexity index is 458. The van der Waals surface area contributed by atoms with Crippen LogP contribution in [-0.2, 0) is 4.79 Å². The molecule has 0 aliphatic heterocycles. The Balaban J connectivity index is 2.78. The third-order valence-electron chi connectivity index (χ3n) is 2.53. The molecule has 1 aromatic carbocycles. The fourth-order valence-electron chi connectivity index (χ4n) is 1.48. The number of ether oxygens (including phenoxy) is 1. The van der Waals surface area contributed by atoms with Crippen LogP contribution in [0.2, 0.25) is 0 Å². The molecule has 0 aromatic heterocycles. The van der Waals surface area contributed by atoms with Gasteiger partial charge in [0.15, 0.2) is 5.78 Å². The van der Waals surface area contributed by atoms with Crippen molar-refractivity contribution in [3.05, 3.63) is 29.6 Å². The van der Waals surface area contributed by atoms with Crippen LogP contribution in [0.1, 0.15) is 23.2 Å². The average Bonchev–Trinajstić information content (AvgIpc) is 2.35. The maximum Gasteiger partial charge on any atom is 0.222 e. The Morgan fingerprint density at radius 3 is 2.50 bits per heavy atom. The molecule has 4 nitrogen and oxygen atoms in total. The van der Waals surface area contributed by atoms with Crippen LogP contribution in [0.25, 0.3) is 0 Å². The molecule has 0 unspecified atom stereocenters. The summed E-state index contributed by atoms with van der Waals surface area (Å²) in [5, 5.41) is 0. The van der Waals surface area contributed by atoms with E-state index in [0.717, 1.165) is 6.07 Å². The average molecular weight is 253 g/mol. The Morgan fingerprint density at radius 1 is 1.28 bits per heavy atom. The standard InChI is InChI=1S/C13H16FNO3/c1-15(2)13(17)7-5-11(16)10-8-9(14)4-6-12(10)18-3/h4,6,8H,5,7H2,1-3H3. The number of carbonyl (C=O) groups is 2. The fourth-order valence-corrected chi connectivity index (χ4v) is 1.48. The second-order valence-electron chi connectivity index (χ2n) is 4.06. The van der Waals surface area contributed by atoms with E-state index in [1.807, 2.05) is 0 Å². The van der Waals surface area contributed by atoms with E-state index < -0.39 is 5.82 Å². The molecule has 0 N–H and O–H groups in total. The van der Waals surface area contributed by atoms with Crippen LogP contribution in [-0.4, -0.2) is 37.8 Å². The first-order valence-electron chi connectivity index (χ1n) is 5.52. The predicted octanol–water partition coefficient (Wildman–Crippen LogP) is 1.89. The molecule has 0 atom stereocenters. The van der Waals surface area contributed by atoms with Gasteiger partial charge in [0, 0.05) is 26.9 Å². The number of rotatable bonds is 5. The molecule has 1 rings (SSSR count). The predicted molar refractivity (Wildman–Crippen MR) is 65.2 cm³/mol. The van der Waals surface area contributed by atoms with E-state index >= 15 is 0 Å². The van der Waals surface area contributed by atoms with E-state index in [1.54, 1.807) is 14.1 Å². The van der Waals surface area contributed by atoms with Gasteiger partial charge in [0.05, 0.1) is 12.7 Å². The van der Waals surface area contributed by atoms with Crippen molar-refractivity contribution in [3.8, 4) is 5.75 Å². The van der Waals surface area contributed by atoms with Gasteiger partial charge in [-0.25, -0.2) is 4.39 Å². The molecule has 0 bridgehead atoms. The lowest BCUT2D eigenvalue weighted by molar-refractivity contribution is -0.128. The van der Waals surface area contributed by atoms with Crippen molar-refractivity contribution in [1.82, 2.24) is 4.90 Å². The molecule has 0 saturated heterocycles. The van der Waals surface area contributed by atoms with E-state index in [1.165, 1.54) is 24.1 Å². The van der Waals surface area contributed by atoms with Crippen LogP contribution >= 0.6 is 0 Å². The van der Waals surface area contributed by atoms with E-state index in [9.17, 15) is 14.0 Å². The summed E-state index contributed by atoms with van der Waals surface area (Å²) < 4.78 is 18.1. The lowest BCUT2D eigenvalue weighted by Gasteiger charge is -2.10. The molecule has 0 spiro atoms. The quantitative estimate of drug-likeness (QED) is 0.753. The number of hydrogen-bond donors (Lipinski definition) is 0. The van der Waals surface area contributed by atoms with Crippen LogP contribution in [0.4, 0.5) is 4.39 Å². The molecular weight excluding hydrogens is 237 g/mol. The van der Waals surface area contributed by atoms with Crippen LogP contribution in [0, 0.1) is 5.82 Å². The van der Waals surface area contributed by atoms with Gasteiger partial charge in [-0.2, -0.15) is 0 Å². The maximum absolute atomic E-state index is 13.1. The highest BCUT2D eigenvalue weighted by atomic mass is 19.1. The topological polar surface area (TPSA) is 46.6 Å². The van der Waals surface area contributed by atoms with Gasteiger partial charge in [0.2, 0.25) is 5.91 Å². The minimum absolute atomic E-state index is 0.0385. The molecule has 5 heteroatoms. The Hall–Kier alpha value is -1.91. The highest BCUT2D eigenvalue weighted by Crippen LogP contribution is 2.21. The summed E-state index contributed by atoms with van der Waals surface area (Å²) >= 11 is 0. The van der Waals surface area contributed by atoms with Gasteiger partial charge in [-0.15, -0.1) is 0 Å². The Morgan fingerprint density at radius 2 is 1.94 bits per heavy atom. The number of amides is 1. The van der Waals surface area contributed by atoms with Gasteiger partial charge in [-0.05, 0) is 18.2 Å². The molecule has 0 aliphatic rings. The van der Waals surface area contributed by atoms with Crippen molar-refractivity contribution >= 4 is 11.7 Å². The maximum atomic E-state index is 13.1. The number of methoxy groups -OCH3 is 1. The first-order valence-corrected chi connectivity index (χ1v) is 5.52. The molecule has 18 heavy (non-hydrogen) atoms. The summed E-state index contributed by atoms with van der Waals surface area (Å²) in [5.41, 5.74) is 0.170. The smallest absolute Gasteiger partial charge is 0.222 e. The molecule has 0 saturated carbocycles. The minimum atomic E-state index is -0.502. The fraction of sp³-hybridized carbons (Fsp3) is 0.385. The zero-order valence-corrected chi connectivity index (χ0v) is 10.7. The third kappa shape index (κ3) is 3.55. The third-order valence-corrected chi connectivity index (χ3v) is 2.53. The lowest BCUT2D eigenvalue weighted by atomic mass is 10.0. The summed E-state index contributed by atoms with van der Waals surface area (Å²) in [6, 6.07) is 3.75. The molecule has 0 fully saturated rings. The van der Waals surface area contributed by atoms with Crippen molar-refractivity contribution in [2.45, 2.75) is 12.8 Å². The number of benzene rings is 1. The SMILES string of the molecule is COc1ccc(F)cc1C(=O)CCC(=O)N(C)C. The normalized spacial score (nSPS) is 10.0. The summed E-state index contributed by atoms with van der Waals surface area (Å²) in [5.74, 6) is -0.628. The van der Waals surface area contributed by atoms with Crippen molar-refractivity contribution < 1.29 is 18.7 Å². The Kier molecular flexibility index (Phi) is 4.83. The summed E-state index contributed by atoms with van der Waals surface area (Å²) in [6.07, 6.45) is 0.141. The van der Waals surface area contributed by atoms with Crippen LogP contribution in [0.5, 0.6) is 5.75 Å². The number of Topliss-reactive ketones (excluding diaryl/α,β-unsaturated/α-hetero) is 1. The van der Waals surface area contributed by atoms with E-state index in [-0.39, 0.29) is 30.1 Å². The van der Waals surface area contributed by atoms with Gasteiger partial charge in [-0.1, -0.05) is 0 Å². The number of hydrogen-bond acceptors (Lipinski definition) is 3. The molecule has 0 radical (unpaired) electrons. The number of ketones is 1. The van der Waals surface area contributed by atoms with Crippen molar-refractivity contribution in [3.63, 3.8) is 0 Å². The molecule has 1 amide bonds. The van der Waals surface area contributed by atoms with E-state index in [4.69, 9.17) is 4.74 Å². The van der Waals surface area contributed by atoms with Gasteiger partial charge in [-0.3, -0.25) is 9.59 Å². The minimum Gasteiger partial charge on any atom is -0.496 e. The van der Waals surface area contributed by atoms with Crippen molar-refractivity contribution in [2.24, 2.45) is 0 Å². The number of halogens is 1. The van der Waals surface area contributed by atoms with Crippen LogP contribution in [0.3, 0.4) is 0 Å². The highest BCUT2D eigenvalue weighted by Gasteiger charge is 2.15. The first-order chi connectivity index (χ1) is 8.45. The second-order valence-corrected chi connectivity index (χ2v) is 4.06. The van der Waals surface area contributed by atoms with Crippen LogP contribution < -0.4 is 4.74 Å². The van der Waals surface area contributed by atoms with Crippen molar-refractivity contribution in [2.75, 3.05) is 21.2 Å². The molecular formula is C13H16FNO3. The van der Waals surface area contributed by atoms with Gasteiger partial charge in [0.25, 0.3) is 0 Å². The van der Waals surface area contributed by atoms with Gasteiger partial charge < -0.3 is 9.64 Å². The Labute approximate surface area is 105 Å². The number of nitrogens with zero attached hydrogens (tertiary/aromatic N) is 1. The van der Waals surface area contributed by atoms with Crippen molar-refractivity contribution in [1.29, 1.82) is 0 Å². The molecule has 98 valence electrons. The van der Waals surface area contributed by atoms with Gasteiger partial charge in [0.1, 0.15) is 11.6 Å². The van der Waals surface area contributed by atoms with E-state index in [0.29, 0.717) is 5.75 Å². The zero-order chi connectivity index (χ0) is 13.7. The second kappa shape index (κ2) is 6.14. The van der Waals surface area contributed by atoms with Gasteiger partial charge >= 0.3 is 0 Å². The summed E-state index contributed by atoms with van der Waals surface area (Å²) in [4.78, 5) is 24.7. The summed E-state index contributed by atoms with van der Waals surface area (Å²) in [6.45, 7) is 0. The number of carbonyl (C=O) groups excluding carboxylic acids is 2.